The van der Waals surface area contributed by atoms with Crippen molar-refractivity contribution in [2.75, 3.05) is 12.4 Å². The van der Waals surface area contributed by atoms with Gasteiger partial charge < -0.3 is 14.8 Å². The van der Waals surface area contributed by atoms with Crippen LogP contribution in [0.4, 0.5) is 5.69 Å². The Hall–Kier alpha value is -3.53. The first-order chi connectivity index (χ1) is 12.7. The number of hydrogen-bond acceptors (Lipinski definition) is 4. The van der Waals surface area contributed by atoms with Crippen molar-refractivity contribution < 1.29 is 14.3 Å². The van der Waals surface area contributed by atoms with E-state index < -0.39 is 0 Å². The average molecular weight is 345 g/mol. The molecule has 0 aliphatic carbocycles. The smallest absolute Gasteiger partial charge is 0.187 e. The Morgan fingerprint density at radius 1 is 0.808 bits per heavy atom. The van der Waals surface area contributed by atoms with E-state index in [4.69, 9.17) is 9.47 Å². The Bertz CT molecular complexity index is 870. The van der Waals surface area contributed by atoms with E-state index in [0.717, 1.165) is 22.9 Å². The van der Waals surface area contributed by atoms with Gasteiger partial charge in [-0.2, -0.15) is 0 Å². The number of allylic oxidation sites excluding steroid dienone is 1. The van der Waals surface area contributed by atoms with Gasteiger partial charge in [-0.1, -0.05) is 30.3 Å². The molecule has 0 amide bonds. The zero-order valence-corrected chi connectivity index (χ0v) is 14.4. The van der Waals surface area contributed by atoms with Crippen LogP contribution in [0.5, 0.6) is 17.2 Å². The van der Waals surface area contributed by atoms with Gasteiger partial charge in [-0.25, -0.2) is 0 Å². The summed E-state index contributed by atoms with van der Waals surface area (Å²) in [5.41, 5.74) is 1.53. The molecule has 0 bridgehead atoms. The van der Waals surface area contributed by atoms with Gasteiger partial charge in [-0.15, -0.1) is 0 Å². The fourth-order valence-corrected chi connectivity index (χ4v) is 2.31. The van der Waals surface area contributed by atoms with Crippen LogP contribution in [-0.2, 0) is 0 Å². The molecule has 26 heavy (non-hydrogen) atoms. The number of carbonyl (C=O) groups excluding carboxylic acids is 1. The van der Waals surface area contributed by atoms with E-state index in [1.54, 1.807) is 25.4 Å². The lowest BCUT2D eigenvalue weighted by atomic mass is 10.1. The predicted molar refractivity (Wildman–Crippen MR) is 103 cm³/mol. The monoisotopic (exact) mass is 345 g/mol. The van der Waals surface area contributed by atoms with Crippen LogP contribution in [0.15, 0.2) is 91.1 Å². The van der Waals surface area contributed by atoms with E-state index in [9.17, 15) is 4.79 Å². The second-order valence-electron chi connectivity index (χ2n) is 5.51. The Labute approximate surface area is 152 Å². The predicted octanol–water partition coefficient (Wildman–Crippen LogP) is 5.30. The molecule has 0 aliphatic rings. The molecule has 3 rings (SSSR count). The minimum Gasteiger partial charge on any atom is -0.497 e. The number of methoxy groups -OCH3 is 1. The zero-order chi connectivity index (χ0) is 18.2. The summed E-state index contributed by atoms with van der Waals surface area (Å²) in [6.45, 7) is 0. The summed E-state index contributed by atoms with van der Waals surface area (Å²) in [5, 5.41) is 3.08. The molecule has 3 aromatic rings. The fourth-order valence-electron chi connectivity index (χ4n) is 2.31. The summed E-state index contributed by atoms with van der Waals surface area (Å²) in [5.74, 6) is 2.20. The number of rotatable bonds is 7. The number of nitrogens with one attached hydrogen (secondary N) is 1. The molecule has 0 heterocycles. The first kappa shape index (κ1) is 17.3. The van der Waals surface area contributed by atoms with Crippen LogP contribution in [0.25, 0.3) is 0 Å². The van der Waals surface area contributed by atoms with Crippen molar-refractivity contribution in [2.24, 2.45) is 0 Å². The molecule has 0 unspecified atom stereocenters. The number of hydrogen-bond donors (Lipinski definition) is 1. The van der Waals surface area contributed by atoms with Gasteiger partial charge >= 0.3 is 0 Å². The maximum absolute atomic E-state index is 12.0. The lowest BCUT2D eigenvalue weighted by Gasteiger charge is -2.07. The van der Waals surface area contributed by atoms with E-state index >= 15 is 0 Å². The molecule has 0 aliphatic heterocycles. The van der Waals surface area contributed by atoms with Crippen LogP contribution >= 0.6 is 0 Å². The topological polar surface area (TPSA) is 47.6 Å². The minimum atomic E-state index is -0.0439. The standard InChI is InChI=1S/C22H19NO3/c1-25-19-11-13-21(14-12-19)26-20-9-7-18(8-10-20)23-16-15-22(24)17-5-3-2-4-6-17/h2-16,23H,1H3. The fraction of sp³-hybridized carbons (Fsp3) is 0.0455. The number of anilines is 1. The summed E-state index contributed by atoms with van der Waals surface area (Å²) in [4.78, 5) is 12.0. The van der Waals surface area contributed by atoms with Crippen LogP contribution in [0, 0.1) is 0 Å². The normalized spacial score (nSPS) is 10.5. The minimum absolute atomic E-state index is 0.0439. The van der Waals surface area contributed by atoms with Crippen LogP contribution in [0.2, 0.25) is 0 Å². The first-order valence-electron chi connectivity index (χ1n) is 8.19. The van der Waals surface area contributed by atoms with E-state index in [1.165, 1.54) is 6.08 Å². The Morgan fingerprint density at radius 2 is 1.38 bits per heavy atom. The molecule has 0 atom stereocenters. The maximum atomic E-state index is 12.0. The summed E-state index contributed by atoms with van der Waals surface area (Å²) in [7, 11) is 1.63. The molecule has 0 spiro atoms. The van der Waals surface area contributed by atoms with Gasteiger partial charge in [-0.3, -0.25) is 4.79 Å². The number of ketones is 1. The molecule has 0 aromatic heterocycles. The molecule has 3 aromatic carbocycles. The van der Waals surface area contributed by atoms with E-state index in [1.807, 2.05) is 66.7 Å². The zero-order valence-electron chi connectivity index (χ0n) is 14.4. The van der Waals surface area contributed by atoms with Gasteiger partial charge in [0.2, 0.25) is 0 Å². The summed E-state index contributed by atoms with van der Waals surface area (Å²) in [6, 6.07) is 24.0. The highest BCUT2D eigenvalue weighted by Crippen LogP contribution is 2.24. The highest BCUT2D eigenvalue weighted by molar-refractivity contribution is 6.04. The summed E-state index contributed by atoms with van der Waals surface area (Å²) in [6.07, 6.45) is 3.14. The number of benzene rings is 3. The molecule has 4 nitrogen and oxygen atoms in total. The Morgan fingerprint density at radius 3 is 2.00 bits per heavy atom. The van der Waals surface area contributed by atoms with E-state index in [0.29, 0.717) is 5.56 Å². The van der Waals surface area contributed by atoms with Crippen molar-refractivity contribution >= 4 is 11.5 Å². The Kier molecular flexibility index (Phi) is 5.68. The Balaban J connectivity index is 1.55. The van der Waals surface area contributed by atoms with Gasteiger partial charge in [0.05, 0.1) is 7.11 Å². The van der Waals surface area contributed by atoms with Gasteiger partial charge in [0.1, 0.15) is 17.2 Å². The lowest BCUT2D eigenvalue weighted by Crippen LogP contribution is -1.95. The summed E-state index contributed by atoms with van der Waals surface area (Å²) >= 11 is 0. The molecule has 0 fully saturated rings. The molecule has 0 saturated heterocycles. The highest BCUT2D eigenvalue weighted by Gasteiger charge is 2.00. The summed E-state index contributed by atoms with van der Waals surface area (Å²) < 4.78 is 10.9. The highest BCUT2D eigenvalue weighted by atomic mass is 16.5. The van der Waals surface area contributed by atoms with Crippen LogP contribution in [0.1, 0.15) is 10.4 Å². The van der Waals surface area contributed by atoms with Gasteiger partial charge in [-0.05, 0) is 48.5 Å². The number of ether oxygens (including phenoxy) is 2. The number of carbonyl (C=O) groups is 1. The van der Waals surface area contributed by atoms with Gasteiger partial charge in [0.15, 0.2) is 5.78 Å². The van der Waals surface area contributed by atoms with Crippen molar-refractivity contribution in [1.82, 2.24) is 0 Å². The molecular weight excluding hydrogens is 326 g/mol. The largest absolute Gasteiger partial charge is 0.497 e. The molecule has 130 valence electrons. The van der Waals surface area contributed by atoms with E-state index in [2.05, 4.69) is 5.32 Å². The van der Waals surface area contributed by atoms with Crippen LogP contribution < -0.4 is 14.8 Å². The van der Waals surface area contributed by atoms with Gasteiger partial charge in [0.25, 0.3) is 0 Å². The second-order valence-corrected chi connectivity index (χ2v) is 5.51. The first-order valence-corrected chi connectivity index (χ1v) is 8.19. The molecular formula is C22H19NO3. The van der Waals surface area contributed by atoms with Gasteiger partial charge in [0, 0.05) is 23.5 Å². The molecule has 4 heteroatoms. The third-order valence-electron chi connectivity index (χ3n) is 3.69. The third-order valence-corrected chi connectivity index (χ3v) is 3.69. The van der Waals surface area contributed by atoms with Crippen molar-refractivity contribution in [1.29, 1.82) is 0 Å². The van der Waals surface area contributed by atoms with Crippen molar-refractivity contribution in [3.05, 3.63) is 96.7 Å². The van der Waals surface area contributed by atoms with Crippen molar-refractivity contribution in [3.63, 3.8) is 0 Å². The SMILES string of the molecule is COc1ccc(Oc2ccc(NC=CC(=O)c3ccccc3)cc2)cc1. The van der Waals surface area contributed by atoms with Crippen molar-refractivity contribution in [2.45, 2.75) is 0 Å². The molecule has 0 radical (unpaired) electrons. The van der Waals surface area contributed by atoms with Crippen LogP contribution in [-0.4, -0.2) is 12.9 Å². The molecule has 0 saturated carbocycles. The average Bonchev–Trinajstić information content (AvgIpc) is 2.70. The third kappa shape index (κ3) is 4.74. The van der Waals surface area contributed by atoms with Crippen molar-refractivity contribution in [3.8, 4) is 17.2 Å². The maximum Gasteiger partial charge on any atom is 0.187 e. The van der Waals surface area contributed by atoms with E-state index in [-0.39, 0.29) is 5.78 Å². The lowest BCUT2D eigenvalue weighted by molar-refractivity contribution is 0.104. The van der Waals surface area contributed by atoms with Crippen LogP contribution in [0.3, 0.4) is 0 Å². The molecule has 1 N–H and O–H groups in total. The second kappa shape index (κ2) is 8.53. The quantitative estimate of drug-likeness (QED) is 0.466.